The quantitative estimate of drug-likeness (QED) is 0.526. The Kier molecular flexibility index (Phi) is 2.79. The van der Waals surface area contributed by atoms with Crippen LogP contribution >= 0.6 is 11.8 Å². The van der Waals surface area contributed by atoms with Gasteiger partial charge < -0.3 is 4.74 Å². The molecule has 0 aromatic heterocycles. The van der Waals surface area contributed by atoms with Crippen molar-refractivity contribution in [3.8, 4) is 11.5 Å². The zero-order valence-electron chi connectivity index (χ0n) is 9.81. The van der Waals surface area contributed by atoms with Crippen LogP contribution in [0.5, 0.6) is 11.5 Å². The maximum atomic E-state index is 11.1. The van der Waals surface area contributed by atoms with Crippen molar-refractivity contribution in [1.29, 1.82) is 0 Å². The van der Waals surface area contributed by atoms with Crippen LogP contribution in [0.15, 0.2) is 46.2 Å². The Morgan fingerprint density at radius 2 is 1.70 bits per heavy atom. The molecule has 20 heavy (non-hydrogen) atoms. The van der Waals surface area contributed by atoms with Crippen molar-refractivity contribution in [3.05, 3.63) is 56.6 Å². The number of hydrogen-bond donors (Lipinski definition) is 0. The number of para-hydroxylation sites is 1. The van der Waals surface area contributed by atoms with Gasteiger partial charge in [-0.05, 0) is 18.2 Å². The number of nitro groups is 2. The zero-order chi connectivity index (χ0) is 14.3. The molecule has 0 atom stereocenters. The van der Waals surface area contributed by atoms with E-state index in [9.17, 15) is 20.2 Å². The number of ether oxygens (including phenoxy) is 1. The first-order chi connectivity index (χ1) is 9.58. The summed E-state index contributed by atoms with van der Waals surface area (Å²) in [6.45, 7) is 0. The summed E-state index contributed by atoms with van der Waals surface area (Å²) in [5.41, 5.74) is -1.19. The summed E-state index contributed by atoms with van der Waals surface area (Å²) >= 11 is 1.28. The molecule has 0 fully saturated rings. The van der Waals surface area contributed by atoms with Gasteiger partial charge in [0, 0.05) is 6.07 Å². The van der Waals surface area contributed by atoms with E-state index in [1.807, 2.05) is 12.1 Å². The van der Waals surface area contributed by atoms with E-state index < -0.39 is 21.2 Å². The van der Waals surface area contributed by atoms with Crippen molar-refractivity contribution in [3.63, 3.8) is 0 Å². The minimum Gasteiger partial charge on any atom is -0.447 e. The Morgan fingerprint density at radius 3 is 2.40 bits per heavy atom. The predicted molar refractivity (Wildman–Crippen MR) is 70.4 cm³/mol. The van der Waals surface area contributed by atoms with Crippen molar-refractivity contribution >= 4 is 23.1 Å². The second-order valence-electron chi connectivity index (χ2n) is 3.93. The third-order valence-corrected chi connectivity index (χ3v) is 3.83. The molecule has 0 spiro atoms. The molecule has 0 saturated heterocycles. The first-order valence-electron chi connectivity index (χ1n) is 5.48. The van der Waals surface area contributed by atoms with Gasteiger partial charge in [0.15, 0.2) is 0 Å². The molecule has 1 aliphatic rings. The van der Waals surface area contributed by atoms with Gasteiger partial charge in [0.25, 0.3) is 0 Å². The minimum absolute atomic E-state index is 0.0760. The van der Waals surface area contributed by atoms with Gasteiger partial charge >= 0.3 is 11.4 Å². The van der Waals surface area contributed by atoms with E-state index in [1.165, 1.54) is 17.8 Å². The van der Waals surface area contributed by atoms with E-state index in [0.29, 0.717) is 10.6 Å². The van der Waals surface area contributed by atoms with Gasteiger partial charge in [-0.2, -0.15) is 0 Å². The van der Waals surface area contributed by atoms with Gasteiger partial charge in [0.1, 0.15) is 5.75 Å². The van der Waals surface area contributed by atoms with Crippen molar-refractivity contribution in [2.45, 2.75) is 9.79 Å². The van der Waals surface area contributed by atoms with Crippen LogP contribution in [0, 0.1) is 20.2 Å². The molecule has 0 aliphatic carbocycles. The average molecular weight is 290 g/mol. The van der Waals surface area contributed by atoms with Gasteiger partial charge in [0.05, 0.1) is 19.6 Å². The molecule has 1 aliphatic heterocycles. The standard InChI is InChI=1S/C12H6N2O5S/c15-13(16)7-5-6-10-12(11(7)14(17)18)19-8-3-1-2-4-9(8)20-10/h1-6H. The highest BCUT2D eigenvalue weighted by molar-refractivity contribution is 7.99. The van der Waals surface area contributed by atoms with Crippen molar-refractivity contribution in [2.24, 2.45) is 0 Å². The van der Waals surface area contributed by atoms with Gasteiger partial charge in [0.2, 0.25) is 5.75 Å². The highest BCUT2D eigenvalue weighted by Crippen LogP contribution is 2.52. The minimum atomic E-state index is -0.786. The van der Waals surface area contributed by atoms with Gasteiger partial charge in [-0.25, -0.2) is 0 Å². The van der Waals surface area contributed by atoms with Crippen LogP contribution in [-0.4, -0.2) is 9.85 Å². The summed E-state index contributed by atoms with van der Waals surface area (Å²) in [7, 11) is 0. The Bertz CT molecular complexity index is 747. The third kappa shape index (κ3) is 1.86. The van der Waals surface area contributed by atoms with Crippen LogP contribution in [0.1, 0.15) is 0 Å². The molecule has 0 saturated carbocycles. The summed E-state index contributed by atoms with van der Waals surface area (Å²) in [6, 6.07) is 9.61. The fraction of sp³-hybridized carbons (Fsp3) is 0. The van der Waals surface area contributed by atoms with E-state index in [2.05, 4.69) is 0 Å². The second kappa shape index (κ2) is 4.49. The highest BCUT2D eigenvalue weighted by Gasteiger charge is 2.35. The Morgan fingerprint density at radius 1 is 0.950 bits per heavy atom. The monoisotopic (exact) mass is 290 g/mol. The molecule has 2 aromatic carbocycles. The van der Waals surface area contributed by atoms with Crippen LogP contribution in [0.3, 0.4) is 0 Å². The number of nitrogens with zero attached hydrogens (tertiary/aromatic N) is 2. The smallest absolute Gasteiger partial charge is 0.389 e. The van der Waals surface area contributed by atoms with Crippen molar-refractivity contribution < 1.29 is 14.6 Å². The van der Waals surface area contributed by atoms with Crippen LogP contribution in [-0.2, 0) is 0 Å². The lowest BCUT2D eigenvalue weighted by Gasteiger charge is -2.18. The molecule has 8 heteroatoms. The summed E-state index contributed by atoms with van der Waals surface area (Å²) in [6.07, 6.45) is 0. The lowest BCUT2D eigenvalue weighted by molar-refractivity contribution is -0.423. The maximum absolute atomic E-state index is 11.1. The van der Waals surface area contributed by atoms with E-state index >= 15 is 0 Å². The molecule has 7 nitrogen and oxygen atoms in total. The van der Waals surface area contributed by atoms with Crippen LogP contribution in [0.2, 0.25) is 0 Å². The highest BCUT2D eigenvalue weighted by atomic mass is 32.2. The topological polar surface area (TPSA) is 95.5 Å². The normalized spacial score (nSPS) is 12.0. The largest absolute Gasteiger partial charge is 0.447 e. The van der Waals surface area contributed by atoms with Crippen molar-refractivity contribution in [2.75, 3.05) is 0 Å². The molecule has 3 rings (SSSR count). The van der Waals surface area contributed by atoms with Crippen LogP contribution in [0.25, 0.3) is 0 Å². The molecule has 0 radical (unpaired) electrons. The number of rotatable bonds is 2. The number of benzene rings is 2. The molecular formula is C12H6N2O5S. The number of nitro benzene ring substituents is 2. The second-order valence-corrected chi connectivity index (χ2v) is 5.01. The van der Waals surface area contributed by atoms with Crippen molar-refractivity contribution in [1.82, 2.24) is 0 Å². The van der Waals surface area contributed by atoms with Gasteiger partial charge in [-0.15, -0.1) is 0 Å². The SMILES string of the molecule is O=[N+]([O-])c1ccc2c(c1[N+](=O)[O-])Oc1ccccc1S2. The Labute approximate surface area is 116 Å². The maximum Gasteiger partial charge on any atom is 0.389 e. The fourth-order valence-corrected chi connectivity index (χ4v) is 2.85. The molecule has 0 amide bonds. The summed E-state index contributed by atoms with van der Waals surface area (Å²) in [5.74, 6) is 0.376. The summed E-state index contributed by atoms with van der Waals surface area (Å²) in [4.78, 5) is 21.7. The third-order valence-electron chi connectivity index (χ3n) is 2.73. The number of hydrogen-bond acceptors (Lipinski definition) is 6. The zero-order valence-corrected chi connectivity index (χ0v) is 10.6. The average Bonchev–Trinajstić information content (AvgIpc) is 2.43. The van der Waals surface area contributed by atoms with E-state index in [-0.39, 0.29) is 5.75 Å². The lowest BCUT2D eigenvalue weighted by Crippen LogP contribution is -2.03. The molecule has 2 aromatic rings. The van der Waals surface area contributed by atoms with E-state index in [1.54, 1.807) is 12.1 Å². The molecule has 0 N–H and O–H groups in total. The molecule has 100 valence electrons. The number of fused-ring (bicyclic) bond motifs is 2. The Hall–Kier alpha value is -2.61. The predicted octanol–water partition coefficient (Wildman–Crippen LogP) is 3.76. The fourth-order valence-electron chi connectivity index (χ4n) is 1.89. The first kappa shape index (κ1) is 12.4. The van der Waals surface area contributed by atoms with Crippen LogP contribution < -0.4 is 4.74 Å². The summed E-state index contributed by atoms with van der Waals surface area (Å²) < 4.78 is 5.49. The van der Waals surface area contributed by atoms with Crippen LogP contribution in [0.4, 0.5) is 11.4 Å². The first-order valence-corrected chi connectivity index (χ1v) is 6.30. The molecular weight excluding hydrogens is 284 g/mol. The van der Waals surface area contributed by atoms with Gasteiger partial charge in [-0.1, -0.05) is 23.9 Å². The van der Waals surface area contributed by atoms with E-state index in [4.69, 9.17) is 4.74 Å². The lowest BCUT2D eigenvalue weighted by atomic mass is 10.2. The molecule has 0 unspecified atom stereocenters. The Balaban J connectivity index is 2.21. The molecule has 1 heterocycles. The summed E-state index contributed by atoms with van der Waals surface area (Å²) in [5, 5.41) is 22.0. The molecule has 0 bridgehead atoms. The van der Waals surface area contributed by atoms with E-state index in [0.717, 1.165) is 11.0 Å². The van der Waals surface area contributed by atoms with Gasteiger partial charge in [-0.3, -0.25) is 20.2 Å².